The van der Waals surface area contributed by atoms with Crippen molar-refractivity contribution in [3.05, 3.63) is 59.9 Å². The number of fused-ring (bicyclic) bond motifs is 1. The molecule has 0 amide bonds. The van der Waals surface area contributed by atoms with Gasteiger partial charge in [0.1, 0.15) is 0 Å². The summed E-state index contributed by atoms with van der Waals surface area (Å²) in [5.74, 6) is 0.169. The Balaban J connectivity index is 0.00000144. The van der Waals surface area contributed by atoms with Crippen LogP contribution in [0.3, 0.4) is 0 Å². The van der Waals surface area contributed by atoms with Crippen molar-refractivity contribution in [3.8, 4) is 0 Å². The predicted octanol–water partition coefficient (Wildman–Crippen LogP) is 3.19. The summed E-state index contributed by atoms with van der Waals surface area (Å²) in [4.78, 5) is 9.87. The second-order valence-corrected chi connectivity index (χ2v) is 3.70. The number of hydrogen-bond donors (Lipinski definition) is 1. The van der Waals surface area contributed by atoms with Crippen LogP contribution in [0, 0.1) is 49.4 Å². The Morgan fingerprint density at radius 3 is 2.47 bits per heavy atom. The molecule has 1 radical (unpaired) electrons. The molecule has 0 spiro atoms. The third-order valence-electron chi connectivity index (χ3n) is 2.41. The van der Waals surface area contributed by atoms with E-state index in [0.717, 1.165) is 16.3 Å². The molecule has 0 bridgehead atoms. The van der Waals surface area contributed by atoms with E-state index in [1.54, 1.807) is 0 Å². The summed E-state index contributed by atoms with van der Waals surface area (Å²) in [6.45, 7) is 1.53. The van der Waals surface area contributed by atoms with Gasteiger partial charge in [0.2, 0.25) is 0 Å². The molecule has 0 aliphatic heterocycles. The van der Waals surface area contributed by atoms with Crippen molar-refractivity contribution in [1.29, 1.82) is 0 Å². The SMILES string of the molecule is C/C(O)=C/C(=[OH+])c1cccc2ccccc12.[Eu]. The summed E-state index contributed by atoms with van der Waals surface area (Å²) < 4.78 is 0. The number of allylic oxidation sites excluding steroid dienone is 2. The molecule has 2 nitrogen and oxygen atoms in total. The van der Waals surface area contributed by atoms with Crippen LogP contribution in [-0.4, -0.2) is 15.7 Å². The molecule has 2 N–H and O–H groups in total. The van der Waals surface area contributed by atoms with E-state index in [2.05, 4.69) is 0 Å². The first-order valence-corrected chi connectivity index (χ1v) is 5.10. The Hall–Kier alpha value is -0.506. The molecule has 0 aromatic heterocycles. The molecule has 2 aromatic carbocycles. The Kier molecular flexibility index (Phi) is 5.51. The van der Waals surface area contributed by atoms with Gasteiger partial charge in [-0.2, -0.15) is 0 Å². The first kappa shape index (κ1) is 14.6. The van der Waals surface area contributed by atoms with Gasteiger partial charge in [-0.3, -0.25) is 4.79 Å². The van der Waals surface area contributed by atoms with Crippen LogP contribution < -0.4 is 0 Å². The maximum absolute atomic E-state index is 9.87. The van der Waals surface area contributed by atoms with Crippen LogP contribution in [0.4, 0.5) is 0 Å². The third-order valence-corrected chi connectivity index (χ3v) is 2.41. The van der Waals surface area contributed by atoms with Crippen molar-refractivity contribution in [3.63, 3.8) is 0 Å². The molecule has 87 valence electrons. The Labute approximate surface area is 141 Å². The maximum Gasteiger partial charge on any atom is 0.351 e. The molecule has 0 aliphatic carbocycles. The number of carbonyl (C=O) groups excluding carboxylic acids is 1. The predicted molar refractivity (Wildman–Crippen MR) is 66.4 cm³/mol. The van der Waals surface area contributed by atoms with Gasteiger partial charge < -0.3 is 5.11 Å². The van der Waals surface area contributed by atoms with Crippen LogP contribution in [0.15, 0.2) is 54.3 Å². The second kappa shape index (κ2) is 6.43. The van der Waals surface area contributed by atoms with Gasteiger partial charge in [0.15, 0.2) is 0 Å². The normalized spacial score (nSPS) is 11.0. The number of benzene rings is 2. The van der Waals surface area contributed by atoms with Crippen LogP contribution >= 0.6 is 0 Å². The van der Waals surface area contributed by atoms with Crippen molar-refractivity contribution in [2.45, 2.75) is 6.92 Å². The first-order chi connectivity index (χ1) is 7.68. The number of hydrogen-bond acceptors (Lipinski definition) is 1. The van der Waals surface area contributed by atoms with E-state index in [9.17, 15) is 4.79 Å². The summed E-state index contributed by atoms with van der Waals surface area (Å²) in [5.41, 5.74) is 0.728. The van der Waals surface area contributed by atoms with Crippen LogP contribution in [0.1, 0.15) is 12.5 Å². The summed E-state index contributed by atoms with van der Waals surface area (Å²) in [5, 5.41) is 11.2. The van der Waals surface area contributed by atoms with Crippen molar-refractivity contribution in [1.82, 2.24) is 0 Å². The van der Waals surface area contributed by atoms with Gasteiger partial charge in [-0.1, -0.05) is 36.4 Å². The van der Waals surface area contributed by atoms with Crippen LogP contribution in [0.2, 0.25) is 0 Å². The van der Waals surface area contributed by atoms with E-state index >= 15 is 0 Å². The zero-order chi connectivity index (χ0) is 11.5. The van der Waals surface area contributed by atoms with Crippen molar-refractivity contribution >= 4 is 16.6 Å². The fourth-order valence-electron chi connectivity index (χ4n) is 1.72. The third kappa shape index (κ3) is 3.48. The van der Waals surface area contributed by atoms with Crippen LogP contribution in [0.5, 0.6) is 0 Å². The molecule has 2 rings (SSSR count). The molecule has 17 heavy (non-hydrogen) atoms. The molecule has 0 heterocycles. The molecule has 0 atom stereocenters. The number of aliphatic hydroxyl groups excluding tert-OH is 1. The Bertz CT molecular complexity index is 564. The van der Waals surface area contributed by atoms with Crippen LogP contribution in [-0.2, 0) is 0 Å². The summed E-state index contributed by atoms with van der Waals surface area (Å²) in [6.07, 6.45) is 1.35. The maximum atomic E-state index is 9.87. The molecule has 0 fully saturated rings. The zero-order valence-corrected chi connectivity index (χ0v) is 11.8. The van der Waals surface area contributed by atoms with Gasteiger partial charge in [-0.05, 0) is 23.8 Å². The van der Waals surface area contributed by atoms with Crippen molar-refractivity contribution < 1.29 is 59.3 Å². The van der Waals surface area contributed by atoms with E-state index in [1.165, 1.54) is 13.0 Å². The zero-order valence-electron chi connectivity index (χ0n) is 9.39. The van der Waals surface area contributed by atoms with E-state index in [-0.39, 0.29) is 60.9 Å². The van der Waals surface area contributed by atoms with Crippen LogP contribution in [0.25, 0.3) is 10.8 Å². The van der Waals surface area contributed by atoms with Crippen molar-refractivity contribution in [2.24, 2.45) is 0 Å². The van der Waals surface area contributed by atoms with Crippen molar-refractivity contribution in [2.75, 3.05) is 0 Å². The minimum absolute atomic E-state index is 0. The van der Waals surface area contributed by atoms with Gasteiger partial charge in [0.25, 0.3) is 0 Å². The largest absolute Gasteiger partial charge is 0.512 e. The Morgan fingerprint density at radius 2 is 1.76 bits per heavy atom. The van der Waals surface area contributed by atoms with Gasteiger partial charge >= 0.3 is 5.78 Å². The van der Waals surface area contributed by atoms with E-state index < -0.39 is 0 Å². The molecule has 0 aliphatic rings. The second-order valence-electron chi connectivity index (χ2n) is 3.70. The monoisotopic (exact) mass is 366 g/mol. The molecule has 3 heteroatoms. The molecule has 2 aromatic rings. The molecular weight excluding hydrogens is 352 g/mol. The van der Waals surface area contributed by atoms with Gasteiger partial charge in [0, 0.05) is 49.4 Å². The molecule has 0 saturated carbocycles. The number of ketones is 1. The van der Waals surface area contributed by atoms with Gasteiger partial charge in [0.05, 0.1) is 17.4 Å². The quantitative estimate of drug-likeness (QED) is 0.378. The molecule has 0 unspecified atom stereocenters. The number of rotatable bonds is 2. The van der Waals surface area contributed by atoms with E-state index in [0.29, 0.717) is 0 Å². The Morgan fingerprint density at radius 1 is 1.12 bits per heavy atom. The average molecular weight is 365 g/mol. The first-order valence-electron chi connectivity index (χ1n) is 5.10. The van der Waals surface area contributed by atoms with E-state index in [1.807, 2.05) is 42.5 Å². The van der Waals surface area contributed by atoms with E-state index in [4.69, 9.17) is 5.11 Å². The standard InChI is InChI=1S/C14H12O2.Eu/c1-10(15)9-14(16)13-8-4-6-11-5-2-3-7-12(11)13;/h2-9,15H,1H3;/p+1/b10-9-;. The fourth-order valence-corrected chi connectivity index (χ4v) is 1.72. The van der Waals surface area contributed by atoms with Gasteiger partial charge in [-0.25, -0.2) is 0 Å². The average Bonchev–Trinajstić information content (AvgIpc) is 2.27. The number of aliphatic hydroxyl groups is 1. The minimum Gasteiger partial charge on any atom is -0.512 e. The van der Waals surface area contributed by atoms with Gasteiger partial charge in [-0.15, -0.1) is 0 Å². The fraction of sp³-hybridized carbons (Fsp3) is 0.0714. The minimum atomic E-state index is 0. The molecular formula is C14H13EuO2+. The smallest absolute Gasteiger partial charge is 0.351 e. The summed E-state index contributed by atoms with van der Waals surface area (Å²) in [7, 11) is 0. The topological polar surface area (TPSA) is 41.6 Å². The summed E-state index contributed by atoms with van der Waals surface area (Å²) in [6, 6.07) is 13.5. The molecule has 0 saturated heterocycles. The summed E-state index contributed by atoms with van der Waals surface area (Å²) >= 11 is 0.